The molecule has 112 valence electrons. The minimum atomic E-state index is -3.07. The molecule has 22 heavy (non-hydrogen) atoms. The summed E-state index contributed by atoms with van der Waals surface area (Å²) in [5, 5.41) is 6.51. The lowest BCUT2D eigenvalue weighted by molar-refractivity contribution is -0.0384. The van der Waals surface area contributed by atoms with Crippen LogP contribution in [0.15, 0.2) is 67.1 Å². The standard InChI is InChI=1S/C17H15F2N3/c18-17(19,16-8-4-5-9-20-16)15(10-13-11-21-22-12-13)14-6-2-1-3-7-14/h1-9,11-12,15H,10H2,(H,21,22). The number of H-pyrrole nitrogens is 1. The van der Waals surface area contributed by atoms with Crippen LogP contribution < -0.4 is 0 Å². The third-order valence-corrected chi connectivity index (χ3v) is 3.64. The van der Waals surface area contributed by atoms with E-state index in [0.29, 0.717) is 5.56 Å². The number of benzene rings is 1. The molecule has 0 aliphatic rings. The average Bonchev–Trinajstić information content (AvgIpc) is 3.07. The number of nitrogens with zero attached hydrogens (tertiary/aromatic N) is 2. The molecule has 5 heteroatoms. The van der Waals surface area contributed by atoms with Gasteiger partial charge in [-0.25, -0.2) is 0 Å². The third-order valence-electron chi connectivity index (χ3n) is 3.64. The van der Waals surface area contributed by atoms with Crippen LogP contribution >= 0.6 is 0 Å². The molecule has 0 aliphatic heterocycles. The predicted octanol–water partition coefficient (Wildman–Crippen LogP) is 3.92. The van der Waals surface area contributed by atoms with E-state index in [-0.39, 0.29) is 12.1 Å². The van der Waals surface area contributed by atoms with Gasteiger partial charge in [0.1, 0.15) is 5.69 Å². The zero-order valence-corrected chi connectivity index (χ0v) is 11.8. The Morgan fingerprint density at radius 3 is 2.45 bits per heavy atom. The van der Waals surface area contributed by atoms with Crippen molar-refractivity contribution in [2.45, 2.75) is 18.3 Å². The molecule has 0 saturated carbocycles. The lowest BCUT2D eigenvalue weighted by atomic mass is 9.86. The first-order valence-corrected chi connectivity index (χ1v) is 7.00. The zero-order chi connectivity index (χ0) is 15.4. The van der Waals surface area contributed by atoms with Gasteiger partial charge in [0.15, 0.2) is 0 Å². The molecule has 2 aromatic heterocycles. The number of aromatic amines is 1. The minimum Gasteiger partial charge on any atom is -0.285 e. The Morgan fingerprint density at radius 2 is 1.82 bits per heavy atom. The molecule has 3 rings (SSSR count). The summed E-state index contributed by atoms with van der Waals surface area (Å²) in [5.74, 6) is -4.07. The van der Waals surface area contributed by atoms with Crippen molar-refractivity contribution in [1.82, 2.24) is 15.2 Å². The minimum absolute atomic E-state index is 0.185. The van der Waals surface area contributed by atoms with Gasteiger partial charge >= 0.3 is 0 Å². The smallest absolute Gasteiger partial charge is 0.285 e. The molecule has 1 N–H and O–H groups in total. The summed E-state index contributed by atoms with van der Waals surface area (Å²) >= 11 is 0. The van der Waals surface area contributed by atoms with Gasteiger partial charge in [-0.3, -0.25) is 10.1 Å². The van der Waals surface area contributed by atoms with E-state index in [2.05, 4.69) is 15.2 Å². The van der Waals surface area contributed by atoms with Gasteiger partial charge < -0.3 is 0 Å². The van der Waals surface area contributed by atoms with Crippen molar-refractivity contribution in [3.05, 3.63) is 83.9 Å². The van der Waals surface area contributed by atoms with Crippen LogP contribution in [0.5, 0.6) is 0 Å². The highest BCUT2D eigenvalue weighted by Gasteiger charge is 2.43. The molecule has 3 aromatic rings. The molecule has 1 atom stereocenters. The van der Waals surface area contributed by atoms with Crippen molar-refractivity contribution in [2.24, 2.45) is 0 Å². The van der Waals surface area contributed by atoms with Gasteiger partial charge in [0.05, 0.1) is 12.1 Å². The van der Waals surface area contributed by atoms with Crippen molar-refractivity contribution in [2.75, 3.05) is 0 Å². The second-order valence-corrected chi connectivity index (χ2v) is 5.11. The van der Waals surface area contributed by atoms with E-state index in [1.54, 1.807) is 48.8 Å². The SMILES string of the molecule is FC(F)(c1ccccn1)C(Cc1cn[nH]c1)c1ccccc1. The molecule has 0 bridgehead atoms. The fourth-order valence-electron chi connectivity index (χ4n) is 2.50. The molecule has 0 amide bonds. The van der Waals surface area contributed by atoms with Gasteiger partial charge in [0.2, 0.25) is 0 Å². The van der Waals surface area contributed by atoms with Gasteiger partial charge in [-0.15, -0.1) is 0 Å². The largest absolute Gasteiger partial charge is 0.296 e. The number of pyridine rings is 1. The number of aromatic nitrogens is 3. The maximum absolute atomic E-state index is 15.0. The van der Waals surface area contributed by atoms with Crippen molar-refractivity contribution in [3.8, 4) is 0 Å². The van der Waals surface area contributed by atoms with Crippen LogP contribution in [0.3, 0.4) is 0 Å². The highest BCUT2D eigenvalue weighted by atomic mass is 19.3. The number of rotatable bonds is 5. The van der Waals surface area contributed by atoms with Crippen LogP contribution in [0.4, 0.5) is 8.78 Å². The van der Waals surface area contributed by atoms with Crippen LogP contribution in [0.25, 0.3) is 0 Å². The number of hydrogen-bond acceptors (Lipinski definition) is 2. The average molecular weight is 299 g/mol. The third kappa shape index (κ3) is 2.88. The fraction of sp³-hybridized carbons (Fsp3) is 0.176. The molecule has 0 aliphatic carbocycles. The van der Waals surface area contributed by atoms with Crippen molar-refractivity contribution in [1.29, 1.82) is 0 Å². The zero-order valence-electron chi connectivity index (χ0n) is 11.8. The molecule has 0 fully saturated rings. The van der Waals surface area contributed by atoms with Crippen LogP contribution in [0.2, 0.25) is 0 Å². The predicted molar refractivity (Wildman–Crippen MR) is 79.6 cm³/mol. The Kier molecular flexibility index (Phi) is 3.96. The van der Waals surface area contributed by atoms with Crippen molar-refractivity contribution >= 4 is 0 Å². The summed E-state index contributed by atoms with van der Waals surface area (Å²) in [7, 11) is 0. The van der Waals surface area contributed by atoms with Gasteiger partial charge in [-0.05, 0) is 29.7 Å². The van der Waals surface area contributed by atoms with Crippen LogP contribution in [0, 0.1) is 0 Å². The van der Waals surface area contributed by atoms with E-state index in [1.165, 1.54) is 12.3 Å². The maximum Gasteiger partial charge on any atom is 0.296 e. The monoisotopic (exact) mass is 299 g/mol. The summed E-state index contributed by atoms with van der Waals surface area (Å²) in [6.45, 7) is 0. The summed E-state index contributed by atoms with van der Waals surface area (Å²) in [4.78, 5) is 3.85. The molecule has 0 saturated heterocycles. The lowest BCUT2D eigenvalue weighted by Gasteiger charge is -2.26. The number of halogens is 2. The lowest BCUT2D eigenvalue weighted by Crippen LogP contribution is -2.27. The second kappa shape index (κ2) is 6.05. The summed E-state index contributed by atoms with van der Waals surface area (Å²) in [6.07, 6.45) is 4.79. The molecular formula is C17H15F2N3. The first-order chi connectivity index (χ1) is 10.7. The Bertz CT molecular complexity index is 697. The molecular weight excluding hydrogens is 284 g/mol. The van der Waals surface area contributed by atoms with Crippen LogP contribution in [0.1, 0.15) is 22.7 Å². The normalized spacial score (nSPS) is 13.0. The Labute approximate surface area is 127 Å². The van der Waals surface area contributed by atoms with E-state index in [1.807, 2.05) is 6.07 Å². The highest BCUT2D eigenvalue weighted by Crippen LogP contribution is 2.43. The molecule has 0 radical (unpaired) electrons. The Balaban J connectivity index is 2.01. The van der Waals surface area contributed by atoms with Crippen LogP contribution in [-0.2, 0) is 12.3 Å². The highest BCUT2D eigenvalue weighted by molar-refractivity contribution is 5.28. The van der Waals surface area contributed by atoms with E-state index in [4.69, 9.17) is 0 Å². The quantitative estimate of drug-likeness (QED) is 0.775. The van der Waals surface area contributed by atoms with E-state index in [0.717, 1.165) is 5.56 Å². The molecule has 0 spiro atoms. The van der Waals surface area contributed by atoms with Gasteiger partial charge in [0.25, 0.3) is 5.92 Å². The second-order valence-electron chi connectivity index (χ2n) is 5.11. The van der Waals surface area contributed by atoms with E-state index >= 15 is 8.78 Å². The molecule has 3 nitrogen and oxygen atoms in total. The first kappa shape index (κ1) is 14.4. The van der Waals surface area contributed by atoms with Gasteiger partial charge in [-0.2, -0.15) is 13.9 Å². The van der Waals surface area contributed by atoms with Crippen LogP contribution in [-0.4, -0.2) is 15.2 Å². The van der Waals surface area contributed by atoms with E-state index < -0.39 is 11.8 Å². The molecule has 2 heterocycles. The number of nitrogens with one attached hydrogen (secondary N) is 1. The maximum atomic E-state index is 15.0. The number of alkyl halides is 2. The summed E-state index contributed by atoms with van der Waals surface area (Å²) in [6, 6.07) is 13.4. The summed E-state index contributed by atoms with van der Waals surface area (Å²) < 4.78 is 30.0. The van der Waals surface area contributed by atoms with Crippen molar-refractivity contribution in [3.63, 3.8) is 0 Å². The van der Waals surface area contributed by atoms with Gasteiger partial charge in [-0.1, -0.05) is 36.4 Å². The Morgan fingerprint density at radius 1 is 1.05 bits per heavy atom. The molecule has 1 unspecified atom stereocenters. The number of hydrogen-bond donors (Lipinski definition) is 1. The fourth-order valence-corrected chi connectivity index (χ4v) is 2.50. The van der Waals surface area contributed by atoms with Crippen molar-refractivity contribution < 1.29 is 8.78 Å². The molecule has 1 aromatic carbocycles. The van der Waals surface area contributed by atoms with E-state index in [9.17, 15) is 0 Å². The first-order valence-electron chi connectivity index (χ1n) is 7.00. The van der Waals surface area contributed by atoms with Gasteiger partial charge in [0, 0.05) is 12.4 Å². The summed E-state index contributed by atoms with van der Waals surface area (Å²) in [5.41, 5.74) is 1.11. The topological polar surface area (TPSA) is 41.6 Å². The Hall–Kier alpha value is -2.56.